The summed E-state index contributed by atoms with van der Waals surface area (Å²) < 4.78 is 20.7. The molecule has 0 radical (unpaired) electrons. The van der Waals surface area contributed by atoms with Crippen LogP contribution < -0.4 is 14.8 Å². The van der Waals surface area contributed by atoms with Crippen LogP contribution in [0.3, 0.4) is 0 Å². The van der Waals surface area contributed by atoms with Crippen molar-refractivity contribution in [3.8, 4) is 22.3 Å². The number of nitrogens with zero attached hydrogens (tertiary/aromatic N) is 1. The Morgan fingerprint density at radius 1 is 1.24 bits per heavy atom. The molecule has 8 nitrogen and oxygen atoms in total. The van der Waals surface area contributed by atoms with E-state index in [4.69, 9.17) is 30.2 Å². The van der Waals surface area contributed by atoms with Gasteiger partial charge in [-0.1, -0.05) is 11.6 Å². The average molecular weight is 437 g/mol. The predicted molar refractivity (Wildman–Crippen MR) is 108 cm³/mol. The number of methoxy groups -OCH3 is 2. The smallest absolute Gasteiger partial charge is 0.358 e. The number of aromatic nitrogens is 1. The maximum Gasteiger partial charge on any atom is 0.358 e. The van der Waals surface area contributed by atoms with E-state index in [-0.39, 0.29) is 5.69 Å². The Balaban J connectivity index is 1.64. The number of ether oxygens (including phenoxy) is 3. The Kier molecular flexibility index (Phi) is 6.40. The van der Waals surface area contributed by atoms with Crippen LogP contribution in [-0.4, -0.2) is 37.7 Å². The van der Waals surface area contributed by atoms with E-state index in [0.29, 0.717) is 37.9 Å². The van der Waals surface area contributed by atoms with Crippen LogP contribution in [0.4, 0.5) is 5.69 Å². The molecule has 3 aromatic rings. The van der Waals surface area contributed by atoms with E-state index in [1.165, 1.54) is 37.9 Å². The lowest BCUT2D eigenvalue weighted by molar-refractivity contribution is -0.119. The van der Waals surface area contributed by atoms with Crippen molar-refractivity contribution in [2.24, 2.45) is 0 Å². The monoisotopic (exact) mass is 436 g/mol. The van der Waals surface area contributed by atoms with E-state index in [1.807, 2.05) is 0 Å². The van der Waals surface area contributed by atoms with Gasteiger partial charge in [-0.3, -0.25) is 4.79 Å². The van der Waals surface area contributed by atoms with Crippen molar-refractivity contribution in [1.29, 1.82) is 0 Å². The molecule has 0 fully saturated rings. The molecule has 2 aromatic heterocycles. The standard InChI is InChI=1S/C19H17ClN2O6S/c1-10-17(22-18(29-10)13-5-4-6-27-13)19(24)28-9-16(23)21-12-7-11(20)14(25-2)8-15(12)26-3/h4-8H,9H2,1-3H3,(H,21,23). The number of anilines is 1. The van der Waals surface area contributed by atoms with Gasteiger partial charge in [0.2, 0.25) is 0 Å². The second kappa shape index (κ2) is 8.97. The number of furan rings is 1. The molecule has 3 rings (SSSR count). The molecule has 2 heterocycles. The van der Waals surface area contributed by atoms with Gasteiger partial charge >= 0.3 is 5.97 Å². The largest absolute Gasteiger partial charge is 0.495 e. The molecule has 0 atom stereocenters. The molecule has 0 unspecified atom stereocenters. The summed E-state index contributed by atoms with van der Waals surface area (Å²) in [4.78, 5) is 29.4. The molecular weight excluding hydrogens is 420 g/mol. The van der Waals surface area contributed by atoms with Crippen LogP contribution in [0.2, 0.25) is 5.02 Å². The zero-order chi connectivity index (χ0) is 21.0. The first-order chi connectivity index (χ1) is 13.9. The quantitative estimate of drug-likeness (QED) is 0.554. The Morgan fingerprint density at radius 2 is 2.00 bits per heavy atom. The van der Waals surface area contributed by atoms with Gasteiger partial charge in [0, 0.05) is 10.9 Å². The zero-order valence-electron chi connectivity index (χ0n) is 15.8. The number of hydrogen-bond donors (Lipinski definition) is 1. The lowest BCUT2D eigenvalue weighted by Gasteiger charge is -2.13. The van der Waals surface area contributed by atoms with Crippen molar-refractivity contribution in [3.63, 3.8) is 0 Å². The van der Waals surface area contributed by atoms with Crippen LogP contribution in [0.1, 0.15) is 15.4 Å². The second-order valence-corrected chi connectivity index (χ2v) is 7.32. The van der Waals surface area contributed by atoms with Gasteiger partial charge in [0.15, 0.2) is 23.1 Å². The van der Waals surface area contributed by atoms with E-state index in [9.17, 15) is 9.59 Å². The first-order valence-corrected chi connectivity index (χ1v) is 9.52. The summed E-state index contributed by atoms with van der Waals surface area (Å²) in [5.41, 5.74) is 0.462. The number of nitrogens with one attached hydrogen (secondary N) is 1. The molecule has 0 saturated heterocycles. The fourth-order valence-corrected chi connectivity index (χ4v) is 3.55. The Morgan fingerprint density at radius 3 is 2.66 bits per heavy atom. The summed E-state index contributed by atoms with van der Waals surface area (Å²) in [7, 11) is 2.91. The number of rotatable bonds is 7. The summed E-state index contributed by atoms with van der Waals surface area (Å²) in [6.07, 6.45) is 1.52. The zero-order valence-corrected chi connectivity index (χ0v) is 17.3. The normalized spacial score (nSPS) is 10.5. The van der Waals surface area contributed by atoms with Crippen molar-refractivity contribution < 1.29 is 28.2 Å². The molecule has 1 N–H and O–H groups in total. The highest BCUT2D eigenvalue weighted by atomic mass is 35.5. The molecule has 0 bridgehead atoms. The van der Waals surface area contributed by atoms with Gasteiger partial charge < -0.3 is 23.9 Å². The molecule has 152 valence electrons. The number of carbonyl (C=O) groups excluding carboxylic acids is 2. The van der Waals surface area contributed by atoms with Crippen LogP contribution in [-0.2, 0) is 9.53 Å². The molecule has 29 heavy (non-hydrogen) atoms. The number of thiazole rings is 1. The molecule has 0 aliphatic heterocycles. The molecule has 1 aromatic carbocycles. The van der Waals surface area contributed by atoms with Gasteiger partial charge in [-0.25, -0.2) is 9.78 Å². The predicted octanol–water partition coefficient (Wildman–Crippen LogP) is 4.18. The van der Waals surface area contributed by atoms with E-state index in [0.717, 1.165) is 0 Å². The topological polar surface area (TPSA) is 99.9 Å². The fourth-order valence-electron chi connectivity index (χ4n) is 2.43. The van der Waals surface area contributed by atoms with Gasteiger partial charge in [0.1, 0.15) is 11.5 Å². The highest BCUT2D eigenvalue weighted by Gasteiger charge is 2.20. The molecule has 10 heteroatoms. The Bertz CT molecular complexity index is 1030. The molecule has 0 spiro atoms. The van der Waals surface area contributed by atoms with Crippen LogP contribution in [0.15, 0.2) is 34.9 Å². The van der Waals surface area contributed by atoms with Crippen LogP contribution in [0.25, 0.3) is 10.8 Å². The Hall–Kier alpha value is -3.04. The van der Waals surface area contributed by atoms with Gasteiger partial charge in [0.05, 0.1) is 31.2 Å². The number of hydrogen-bond acceptors (Lipinski definition) is 8. The van der Waals surface area contributed by atoms with Gasteiger partial charge in [0.25, 0.3) is 5.91 Å². The number of amides is 1. The fraction of sp³-hybridized carbons (Fsp3) is 0.211. The van der Waals surface area contributed by atoms with Crippen molar-refractivity contribution in [2.75, 3.05) is 26.1 Å². The lowest BCUT2D eigenvalue weighted by Crippen LogP contribution is -2.21. The number of esters is 1. The van der Waals surface area contributed by atoms with Crippen molar-refractivity contribution in [2.45, 2.75) is 6.92 Å². The Labute approximate surface area is 175 Å². The first kappa shape index (κ1) is 20.7. The van der Waals surface area contributed by atoms with Crippen LogP contribution in [0.5, 0.6) is 11.5 Å². The molecule has 0 aliphatic rings. The van der Waals surface area contributed by atoms with Crippen LogP contribution in [0, 0.1) is 6.92 Å². The van der Waals surface area contributed by atoms with E-state index in [1.54, 1.807) is 25.1 Å². The highest BCUT2D eigenvalue weighted by Crippen LogP contribution is 2.35. The summed E-state index contributed by atoms with van der Waals surface area (Å²) >= 11 is 7.38. The second-order valence-electron chi connectivity index (χ2n) is 5.71. The summed E-state index contributed by atoms with van der Waals surface area (Å²) in [6.45, 7) is 1.24. The third-order valence-corrected chi connectivity index (χ3v) is 5.08. The number of carbonyl (C=O) groups is 2. The maximum atomic E-state index is 12.3. The van der Waals surface area contributed by atoms with Gasteiger partial charge in [-0.2, -0.15) is 0 Å². The van der Waals surface area contributed by atoms with E-state index >= 15 is 0 Å². The maximum absolute atomic E-state index is 12.3. The minimum Gasteiger partial charge on any atom is -0.495 e. The third kappa shape index (κ3) is 4.69. The minimum absolute atomic E-state index is 0.138. The summed E-state index contributed by atoms with van der Waals surface area (Å²) in [5.74, 6) is 0.0468. The van der Waals surface area contributed by atoms with Crippen molar-refractivity contribution in [3.05, 3.63) is 46.1 Å². The summed E-state index contributed by atoms with van der Waals surface area (Å²) in [5, 5.41) is 3.44. The molecule has 0 aliphatic carbocycles. The number of halogens is 1. The van der Waals surface area contributed by atoms with Crippen molar-refractivity contribution >= 4 is 40.5 Å². The third-order valence-electron chi connectivity index (χ3n) is 3.80. The highest BCUT2D eigenvalue weighted by molar-refractivity contribution is 7.15. The van der Waals surface area contributed by atoms with Gasteiger partial charge in [-0.15, -0.1) is 11.3 Å². The molecule has 1 amide bonds. The molecule has 0 saturated carbocycles. The van der Waals surface area contributed by atoms with E-state index < -0.39 is 18.5 Å². The summed E-state index contributed by atoms with van der Waals surface area (Å²) in [6, 6.07) is 6.50. The van der Waals surface area contributed by atoms with Gasteiger partial charge in [-0.05, 0) is 25.1 Å². The minimum atomic E-state index is -0.702. The lowest BCUT2D eigenvalue weighted by atomic mass is 10.2. The number of aryl methyl sites for hydroxylation is 1. The molecular formula is C19H17ClN2O6S. The average Bonchev–Trinajstić information content (AvgIpc) is 3.36. The van der Waals surface area contributed by atoms with E-state index in [2.05, 4.69) is 10.3 Å². The first-order valence-electron chi connectivity index (χ1n) is 8.32. The number of benzene rings is 1. The SMILES string of the molecule is COc1cc(OC)c(NC(=O)COC(=O)c2nc(-c3ccco3)sc2C)cc1Cl. The van der Waals surface area contributed by atoms with Crippen LogP contribution >= 0.6 is 22.9 Å². The van der Waals surface area contributed by atoms with Crippen molar-refractivity contribution in [1.82, 2.24) is 4.98 Å².